The fourth-order valence-electron chi connectivity index (χ4n) is 3.06. The lowest BCUT2D eigenvalue weighted by molar-refractivity contribution is 0.0461. The van der Waals surface area contributed by atoms with Crippen LogP contribution in [0.3, 0.4) is 0 Å². The number of hydrogen-bond acceptors (Lipinski definition) is 6. The van der Waals surface area contributed by atoms with Crippen molar-refractivity contribution in [3.63, 3.8) is 0 Å². The first-order chi connectivity index (χ1) is 14.6. The summed E-state index contributed by atoms with van der Waals surface area (Å²) >= 11 is 1.38. The molecule has 0 N–H and O–H groups in total. The van der Waals surface area contributed by atoms with Gasteiger partial charge in [0.25, 0.3) is 5.56 Å². The van der Waals surface area contributed by atoms with Crippen molar-refractivity contribution in [2.45, 2.75) is 26.5 Å². The number of ether oxygens (including phenoxy) is 1. The molecular formula is C22H18FN3O3S. The molecule has 0 atom stereocenters. The van der Waals surface area contributed by atoms with E-state index in [1.807, 2.05) is 6.92 Å². The topological polar surface area (TPSA) is 74.1 Å². The molecule has 2 heterocycles. The first-order valence-corrected chi connectivity index (χ1v) is 10.3. The third kappa shape index (κ3) is 3.99. The highest BCUT2D eigenvalue weighted by Crippen LogP contribution is 2.24. The number of rotatable bonds is 6. The molecule has 152 valence electrons. The summed E-state index contributed by atoms with van der Waals surface area (Å²) in [5.74, 6) is -0.930. The maximum Gasteiger partial charge on any atom is 0.359 e. The van der Waals surface area contributed by atoms with E-state index in [9.17, 15) is 14.0 Å². The van der Waals surface area contributed by atoms with E-state index in [0.717, 1.165) is 5.56 Å². The Labute approximate surface area is 175 Å². The Hall–Kier alpha value is -3.39. The van der Waals surface area contributed by atoms with Crippen LogP contribution in [0.25, 0.3) is 21.3 Å². The molecule has 2 aromatic carbocycles. The SMILES string of the molecule is CCCn1nc(C(=O)OCc2csc(-c3ccc(F)cc3)n2)c2ccccc2c1=O. The number of carbonyl (C=O) groups excluding carboxylic acids is 1. The lowest BCUT2D eigenvalue weighted by Gasteiger charge is -2.09. The predicted molar refractivity (Wildman–Crippen MR) is 113 cm³/mol. The quantitative estimate of drug-likeness (QED) is 0.429. The van der Waals surface area contributed by atoms with Crippen molar-refractivity contribution in [1.82, 2.24) is 14.8 Å². The third-order valence-electron chi connectivity index (χ3n) is 4.49. The smallest absolute Gasteiger partial charge is 0.359 e. The van der Waals surface area contributed by atoms with Crippen LogP contribution in [0.2, 0.25) is 0 Å². The fraction of sp³-hybridized carbons (Fsp3) is 0.182. The van der Waals surface area contributed by atoms with E-state index in [0.29, 0.717) is 34.4 Å². The molecule has 0 aliphatic carbocycles. The number of thiazole rings is 1. The minimum absolute atomic E-state index is 0.0283. The van der Waals surface area contributed by atoms with Crippen LogP contribution in [0, 0.1) is 5.82 Å². The van der Waals surface area contributed by atoms with Gasteiger partial charge in [-0.25, -0.2) is 18.9 Å². The Morgan fingerprint density at radius 3 is 2.60 bits per heavy atom. The van der Waals surface area contributed by atoms with Crippen molar-refractivity contribution in [2.24, 2.45) is 0 Å². The molecule has 0 bridgehead atoms. The second-order valence-electron chi connectivity index (χ2n) is 6.65. The van der Waals surface area contributed by atoms with Gasteiger partial charge in [0.15, 0.2) is 5.69 Å². The van der Waals surface area contributed by atoms with Crippen molar-refractivity contribution in [3.8, 4) is 10.6 Å². The zero-order valence-corrected chi connectivity index (χ0v) is 17.0. The van der Waals surface area contributed by atoms with Gasteiger partial charge >= 0.3 is 5.97 Å². The van der Waals surface area contributed by atoms with Crippen LogP contribution in [0.15, 0.2) is 58.7 Å². The highest BCUT2D eigenvalue weighted by Gasteiger charge is 2.18. The Morgan fingerprint density at radius 1 is 1.13 bits per heavy atom. The summed E-state index contributed by atoms with van der Waals surface area (Å²) in [5, 5.41) is 7.63. The minimum atomic E-state index is -0.618. The summed E-state index contributed by atoms with van der Waals surface area (Å²) in [5.41, 5.74) is 1.25. The lowest BCUT2D eigenvalue weighted by Crippen LogP contribution is -2.26. The van der Waals surface area contributed by atoms with Crippen LogP contribution in [0.4, 0.5) is 4.39 Å². The minimum Gasteiger partial charge on any atom is -0.454 e. The number of fused-ring (bicyclic) bond motifs is 1. The molecule has 8 heteroatoms. The maximum absolute atomic E-state index is 13.1. The average molecular weight is 423 g/mol. The number of aromatic nitrogens is 3. The summed E-state index contributed by atoms with van der Waals surface area (Å²) in [6.45, 7) is 2.32. The summed E-state index contributed by atoms with van der Waals surface area (Å²) in [6, 6.07) is 12.9. The van der Waals surface area contributed by atoms with Crippen LogP contribution >= 0.6 is 11.3 Å². The predicted octanol–water partition coefficient (Wildman–Crippen LogP) is 4.43. The average Bonchev–Trinajstić information content (AvgIpc) is 3.24. The van der Waals surface area contributed by atoms with Crippen LogP contribution < -0.4 is 5.56 Å². The largest absolute Gasteiger partial charge is 0.454 e. The van der Waals surface area contributed by atoms with Crippen molar-refractivity contribution in [3.05, 3.63) is 81.5 Å². The normalized spacial score (nSPS) is 11.0. The Bertz CT molecular complexity index is 1260. The number of benzene rings is 2. The summed E-state index contributed by atoms with van der Waals surface area (Å²) < 4.78 is 19.8. The highest BCUT2D eigenvalue weighted by atomic mass is 32.1. The van der Waals surface area contributed by atoms with Gasteiger partial charge in [-0.05, 0) is 36.8 Å². The molecule has 0 saturated heterocycles. The molecule has 0 amide bonds. The van der Waals surface area contributed by atoms with Crippen molar-refractivity contribution < 1.29 is 13.9 Å². The van der Waals surface area contributed by atoms with E-state index in [-0.39, 0.29) is 23.7 Å². The molecule has 0 fully saturated rings. The molecule has 0 saturated carbocycles. The second kappa shape index (κ2) is 8.54. The van der Waals surface area contributed by atoms with E-state index in [2.05, 4.69) is 10.1 Å². The molecule has 0 unspecified atom stereocenters. The van der Waals surface area contributed by atoms with E-state index >= 15 is 0 Å². The number of nitrogens with zero attached hydrogens (tertiary/aromatic N) is 3. The zero-order valence-electron chi connectivity index (χ0n) is 16.2. The van der Waals surface area contributed by atoms with Gasteiger partial charge in [-0.2, -0.15) is 5.10 Å². The summed E-state index contributed by atoms with van der Waals surface area (Å²) in [4.78, 5) is 29.7. The van der Waals surface area contributed by atoms with Gasteiger partial charge in [0.2, 0.25) is 0 Å². The van der Waals surface area contributed by atoms with Crippen LogP contribution in [0.5, 0.6) is 0 Å². The van der Waals surface area contributed by atoms with Gasteiger partial charge in [0.05, 0.1) is 11.1 Å². The van der Waals surface area contributed by atoms with Gasteiger partial charge in [0, 0.05) is 22.9 Å². The number of carbonyl (C=O) groups is 1. The number of aryl methyl sites for hydroxylation is 1. The van der Waals surface area contributed by atoms with Crippen LogP contribution in [-0.2, 0) is 17.9 Å². The van der Waals surface area contributed by atoms with Crippen molar-refractivity contribution >= 4 is 28.1 Å². The number of hydrogen-bond donors (Lipinski definition) is 0. The van der Waals surface area contributed by atoms with Crippen LogP contribution in [-0.4, -0.2) is 20.7 Å². The molecule has 6 nitrogen and oxygen atoms in total. The first-order valence-electron chi connectivity index (χ1n) is 9.44. The Balaban J connectivity index is 1.56. The van der Waals surface area contributed by atoms with Gasteiger partial charge in [-0.3, -0.25) is 4.79 Å². The standard InChI is InChI=1S/C22H18FN3O3S/c1-2-11-26-21(27)18-6-4-3-5-17(18)19(25-26)22(28)29-12-16-13-30-20(24-16)14-7-9-15(23)10-8-14/h3-10,13H,2,11-12H2,1H3. The van der Waals surface area contributed by atoms with Gasteiger partial charge in [-0.1, -0.05) is 25.1 Å². The molecule has 0 radical (unpaired) electrons. The first kappa shape index (κ1) is 19.9. The zero-order chi connectivity index (χ0) is 21.1. The van der Waals surface area contributed by atoms with E-state index < -0.39 is 5.97 Å². The molecule has 4 rings (SSSR count). The molecule has 2 aromatic heterocycles. The summed E-state index contributed by atoms with van der Waals surface area (Å²) in [6.07, 6.45) is 0.713. The fourth-order valence-corrected chi connectivity index (χ4v) is 3.87. The third-order valence-corrected chi connectivity index (χ3v) is 5.43. The summed E-state index contributed by atoms with van der Waals surface area (Å²) in [7, 11) is 0. The molecular weight excluding hydrogens is 405 g/mol. The van der Waals surface area contributed by atoms with Crippen molar-refractivity contribution in [2.75, 3.05) is 0 Å². The molecule has 0 spiro atoms. The number of halogens is 1. The highest BCUT2D eigenvalue weighted by molar-refractivity contribution is 7.13. The molecule has 30 heavy (non-hydrogen) atoms. The molecule has 0 aliphatic rings. The lowest BCUT2D eigenvalue weighted by atomic mass is 10.1. The van der Waals surface area contributed by atoms with E-state index in [1.54, 1.807) is 41.8 Å². The second-order valence-corrected chi connectivity index (χ2v) is 7.51. The Kier molecular flexibility index (Phi) is 5.67. The van der Waals surface area contributed by atoms with E-state index in [4.69, 9.17) is 4.74 Å². The Morgan fingerprint density at radius 2 is 1.87 bits per heavy atom. The van der Waals surface area contributed by atoms with E-state index in [1.165, 1.54) is 28.2 Å². The van der Waals surface area contributed by atoms with Gasteiger partial charge in [-0.15, -0.1) is 11.3 Å². The van der Waals surface area contributed by atoms with Gasteiger partial charge in [0.1, 0.15) is 17.4 Å². The molecule has 0 aliphatic heterocycles. The molecule has 4 aromatic rings. The maximum atomic E-state index is 13.1. The van der Waals surface area contributed by atoms with Crippen LogP contribution in [0.1, 0.15) is 29.5 Å². The monoisotopic (exact) mass is 423 g/mol. The van der Waals surface area contributed by atoms with Crippen molar-refractivity contribution in [1.29, 1.82) is 0 Å². The number of esters is 1. The van der Waals surface area contributed by atoms with Gasteiger partial charge < -0.3 is 4.74 Å².